The lowest BCUT2D eigenvalue weighted by Crippen LogP contribution is -2.26. The van der Waals surface area contributed by atoms with E-state index in [-0.39, 0.29) is 12.4 Å². The first kappa shape index (κ1) is 20.8. The Labute approximate surface area is 139 Å². The van der Waals surface area contributed by atoms with Gasteiger partial charge in [0.15, 0.2) is 11.5 Å². The largest absolute Gasteiger partial charge is 0.493 e. The average Bonchev–Trinajstić information content (AvgIpc) is 2.49. The van der Waals surface area contributed by atoms with E-state index in [0.29, 0.717) is 29.6 Å². The van der Waals surface area contributed by atoms with Crippen LogP contribution in [0.15, 0.2) is 12.1 Å². The highest BCUT2D eigenvalue weighted by molar-refractivity contribution is 5.85. The Balaban J connectivity index is 0.00000441. The fraction of sp³-hybridized carbons (Fsp3) is 0.625. The number of ether oxygens (including phenoxy) is 3. The molecule has 0 heterocycles. The maximum atomic E-state index is 10.2. The van der Waals surface area contributed by atoms with Crippen LogP contribution in [-0.4, -0.2) is 32.5 Å². The van der Waals surface area contributed by atoms with Crippen molar-refractivity contribution in [1.82, 2.24) is 0 Å². The molecule has 6 heteroatoms. The van der Waals surface area contributed by atoms with Crippen molar-refractivity contribution < 1.29 is 19.3 Å². The van der Waals surface area contributed by atoms with Crippen LogP contribution in [0.5, 0.6) is 17.2 Å². The predicted molar refractivity (Wildman–Crippen MR) is 90.4 cm³/mol. The van der Waals surface area contributed by atoms with E-state index in [1.54, 1.807) is 33.5 Å². The Morgan fingerprint density at radius 2 is 1.50 bits per heavy atom. The van der Waals surface area contributed by atoms with Crippen molar-refractivity contribution in [3.63, 3.8) is 0 Å². The third-order valence-corrected chi connectivity index (χ3v) is 3.53. The number of hydrogen-bond acceptors (Lipinski definition) is 5. The van der Waals surface area contributed by atoms with Crippen LogP contribution in [0.2, 0.25) is 0 Å². The van der Waals surface area contributed by atoms with Gasteiger partial charge in [0.25, 0.3) is 0 Å². The van der Waals surface area contributed by atoms with E-state index in [4.69, 9.17) is 19.9 Å². The monoisotopic (exact) mass is 333 g/mol. The molecule has 22 heavy (non-hydrogen) atoms. The van der Waals surface area contributed by atoms with E-state index >= 15 is 0 Å². The molecule has 0 aliphatic heterocycles. The normalized spacial score (nSPS) is 13.3. The van der Waals surface area contributed by atoms with Gasteiger partial charge in [-0.2, -0.15) is 0 Å². The standard InChI is InChI=1S/C16H27NO4.ClH/c1-10(2)6-7-12(18)15(17)11-8-13(19-3)16(21-5)14(9-11)20-4;/h8-10,12,15,18H,6-7,17H2,1-5H3;1H/t12-,15+;/m0./s1. The number of rotatable bonds is 8. The maximum Gasteiger partial charge on any atom is 0.203 e. The average molecular weight is 334 g/mol. The van der Waals surface area contributed by atoms with Gasteiger partial charge < -0.3 is 25.1 Å². The quantitative estimate of drug-likeness (QED) is 0.765. The van der Waals surface area contributed by atoms with Gasteiger partial charge >= 0.3 is 0 Å². The van der Waals surface area contributed by atoms with Gasteiger partial charge in [-0.15, -0.1) is 12.4 Å². The minimum absolute atomic E-state index is 0. The molecule has 0 unspecified atom stereocenters. The summed E-state index contributed by atoms with van der Waals surface area (Å²) in [4.78, 5) is 0. The van der Waals surface area contributed by atoms with E-state index in [0.717, 1.165) is 12.0 Å². The lowest BCUT2D eigenvalue weighted by atomic mass is 9.95. The fourth-order valence-corrected chi connectivity index (χ4v) is 2.20. The van der Waals surface area contributed by atoms with Gasteiger partial charge in [-0.25, -0.2) is 0 Å². The predicted octanol–water partition coefficient (Wildman–Crippen LogP) is 2.93. The summed E-state index contributed by atoms with van der Waals surface area (Å²) in [7, 11) is 4.67. The molecule has 128 valence electrons. The molecule has 5 nitrogen and oxygen atoms in total. The fourth-order valence-electron chi connectivity index (χ4n) is 2.20. The molecule has 0 spiro atoms. The van der Waals surface area contributed by atoms with Gasteiger partial charge in [0.1, 0.15) is 0 Å². The number of hydrogen-bond donors (Lipinski definition) is 2. The molecule has 0 aliphatic carbocycles. The van der Waals surface area contributed by atoms with Gasteiger partial charge in [0.05, 0.1) is 33.5 Å². The number of methoxy groups -OCH3 is 3. The number of aliphatic hydroxyl groups is 1. The topological polar surface area (TPSA) is 73.9 Å². The van der Waals surface area contributed by atoms with Crippen molar-refractivity contribution in [2.24, 2.45) is 11.7 Å². The summed E-state index contributed by atoms with van der Waals surface area (Å²) in [5.41, 5.74) is 6.93. The van der Waals surface area contributed by atoms with Crippen LogP contribution in [0.4, 0.5) is 0 Å². The molecule has 1 aromatic rings. The summed E-state index contributed by atoms with van der Waals surface area (Å²) >= 11 is 0. The van der Waals surface area contributed by atoms with Crippen molar-refractivity contribution in [3.8, 4) is 17.2 Å². The zero-order chi connectivity index (χ0) is 16.0. The first-order valence-corrected chi connectivity index (χ1v) is 7.18. The molecule has 3 N–H and O–H groups in total. The molecule has 2 atom stereocenters. The minimum Gasteiger partial charge on any atom is -0.493 e. The number of benzene rings is 1. The van der Waals surface area contributed by atoms with Gasteiger partial charge in [-0.3, -0.25) is 0 Å². The van der Waals surface area contributed by atoms with Crippen molar-refractivity contribution in [2.75, 3.05) is 21.3 Å². The molecule has 0 saturated carbocycles. The molecule has 0 saturated heterocycles. The van der Waals surface area contributed by atoms with Gasteiger partial charge in [0, 0.05) is 0 Å². The molecule has 0 amide bonds. The smallest absolute Gasteiger partial charge is 0.203 e. The third-order valence-electron chi connectivity index (χ3n) is 3.53. The molecule has 0 aromatic heterocycles. The lowest BCUT2D eigenvalue weighted by Gasteiger charge is -2.22. The zero-order valence-corrected chi connectivity index (χ0v) is 14.8. The first-order valence-electron chi connectivity index (χ1n) is 7.18. The van der Waals surface area contributed by atoms with Crippen molar-refractivity contribution in [3.05, 3.63) is 17.7 Å². The third kappa shape index (κ3) is 5.23. The molecule has 0 bridgehead atoms. The molecular formula is C16H28ClNO4. The highest BCUT2D eigenvalue weighted by Gasteiger charge is 2.21. The van der Waals surface area contributed by atoms with Crippen LogP contribution < -0.4 is 19.9 Å². The Bertz CT molecular complexity index is 429. The van der Waals surface area contributed by atoms with Gasteiger partial charge in [-0.1, -0.05) is 13.8 Å². The number of nitrogens with two attached hydrogens (primary N) is 1. The Morgan fingerprint density at radius 3 is 1.86 bits per heavy atom. The Kier molecular flexibility index (Phi) is 9.25. The SMILES string of the molecule is COc1cc([C@@H](N)[C@@H](O)CCC(C)C)cc(OC)c1OC.Cl. The van der Waals surface area contributed by atoms with E-state index < -0.39 is 12.1 Å². The molecule has 1 aromatic carbocycles. The summed E-state index contributed by atoms with van der Waals surface area (Å²) < 4.78 is 15.9. The molecular weight excluding hydrogens is 306 g/mol. The van der Waals surface area contributed by atoms with Crippen LogP contribution in [0, 0.1) is 5.92 Å². The zero-order valence-electron chi connectivity index (χ0n) is 14.0. The second-order valence-electron chi connectivity index (χ2n) is 5.52. The van der Waals surface area contributed by atoms with Gasteiger partial charge in [-0.05, 0) is 36.5 Å². The van der Waals surface area contributed by atoms with Crippen LogP contribution in [0.3, 0.4) is 0 Å². The molecule has 0 fully saturated rings. The second-order valence-corrected chi connectivity index (χ2v) is 5.52. The van der Waals surface area contributed by atoms with Gasteiger partial charge in [0.2, 0.25) is 5.75 Å². The highest BCUT2D eigenvalue weighted by Crippen LogP contribution is 2.40. The lowest BCUT2D eigenvalue weighted by molar-refractivity contribution is 0.128. The molecule has 1 rings (SSSR count). The molecule has 0 aliphatic rings. The highest BCUT2D eigenvalue weighted by atomic mass is 35.5. The van der Waals surface area contributed by atoms with Crippen molar-refractivity contribution in [1.29, 1.82) is 0 Å². The molecule has 0 radical (unpaired) electrons. The first-order chi connectivity index (χ1) is 9.94. The number of aliphatic hydroxyl groups excluding tert-OH is 1. The van der Waals surface area contributed by atoms with E-state index in [2.05, 4.69) is 13.8 Å². The Hall–Kier alpha value is -1.17. The summed E-state index contributed by atoms with van der Waals surface area (Å²) in [5.74, 6) is 2.14. The number of halogens is 1. The second kappa shape index (κ2) is 9.77. The maximum absolute atomic E-state index is 10.2. The van der Waals surface area contributed by atoms with Crippen LogP contribution in [-0.2, 0) is 0 Å². The van der Waals surface area contributed by atoms with Crippen LogP contribution >= 0.6 is 12.4 Å². The minimum atomic E-state index is -0.602. The van der Waals surface area contributed by atoms with Crippen molar-refractivity contribution >= 4 is 12.4 Å². The Morgan fingerprint density at radius 1 is 1.00 bits per heavy atom. The summed E-state index contributed by atoms with van der Waals surface area (Å²) in [6.45, 7) is 4.25. The van der Waals surface area contributed by atoms with E-state index in [1.165, 1.54) is 0 Å². The van der Waals surface area contributed by atoms with Crippen LogP contribution in [0.1, 0.15) is 38.3 Å². The van der Waals surface area contributed by atoms with Crippen LogP contribution in [0.25, 0.3) is 0 Å². The van der Waals surface area contributed by atoms with Crippen molar-refractivity contribution in [2.45, 2.75) is 38.8 Å². The summed E-state index contributed by atoms with van der Waals surface area (Å²) in [6.07, 6.45) is 0.990. The summed E-state index contributed by atoms with van der Waals surface area (Å²) in [5, 5.41) is 10.2. The van der Waals surface area contributed by atoms with E-state index in [9.17, 15) is 5.11 Å². The summed E-state index contributed by atoms with van der Waals surface area (Å²) in [6, 6.07) is 3.08. The van der Waals surface area contributed by atoms with E-state index in [1.807, 2.05) is 0 Å².